The fourth-order valence-corrected chi connectivity index (χ4v) is 3.09. The summed E-state index contributed by atoms with van der Waals surface area (Å²) in [6.07, 6.45) is 5.50. The van der Waals surface area contributed by atoms with Gasteiger partial charge in [-0.2, -0.15) is 0 Å². The van der Waals surface area contributed by atoms with Crippen LogP contribution in [0, 0.1) is 0 Å². The lowest BCUT2D eigenvalue weighted by Crippen LogP contribution is -2.29. The first-order valence-electron chi connectivity index (χ1n) is 7.26. The number of likely N-dealkylation sites (tertiary alicyclic amines) is 1. The molecule has 1 aromatic carbocycles. The average molecular weight is 259 g/mol. The number of hydrogen-bond acceptors (Lipinski definition) is 2. The molecule has 1 heterocycles. The number of hydrogen-bond donors (Lipinski definition) is 1. The minimum atomic E-state index is -0.664. The van der Waals surface area contributed by atoms with Crippen LogP contribution in [0.1, 0.15) is 43.2 Å². The van der Waals surface area contributed by atoms with Crippen LogP contribution in [-0.2, 0) is 16.8 Å². The van der Waals surface area contributed by atoms with Gasteiger partial charge in [-0.05, 0) is 49.9 Å². The molecule has 0 unspecified atom stereocenters. The second-order valence-electron chi connectivity index (χ2n) is 5.92. The van der Waals surface area contributed by atoms with Crippen molar-refractivity contribution in [1.29, 1.82) is 0 Å². The molecule has 0 amide bonds. The van der Waals surface area contributed by atoms with Crippen molar-refractivity contribution < 1.29 is 9.90 Å². The normalized spacial score (nSPS) is 22.1. The zero-order valence-electron chi connectivity index (χ0n) is 11.3. The molecular formula is C16H21NO2. The second kappa shape index (κ2) is 4.97. The van der Waals surface area contributed by atoms with E-state index in [4.69, 9.17) is 0 Å². The van der Waals surface area contributed by atoms with Crippen molar-refractivity contribution in [1.82, 2.24) is 4.90 Å². The summed E-state index contributed by atoms with van der Waals surface area (Å²) in [5, 5.41) is 9.36. The molecule has 3 heteroatoms. The highest BCUT2D eigenvalue weighted by molar-refractivity contribution is 5.84. The van der Waals surface area contributed by atoms with Gasteiger partial charge in [-0.25, -0.2) is 0 Å². The van der Waals surface area contributed by atoms with Crippen molar-refractivity contribution >= 4 is 5.97 Å². The van der Waals surface area contributed by atoms with E-state index in [1.807, 2.05) is 12.1 Å². The van der Waals surface area contributed by atoms with Crippen molar-refractivity contribution in [3.05, 3.63) is 35.4 Å². The lowest BCUT2D eigenvalue weighted by atomic mass is 9.94. The molecule has 2 aliphatic rings. The quantitative estimate of drug-likeness (QED) is 0.904. The summed E-state index contributed by atoms with van der Waals surface area (Å²) < 4.78 is 0. The minimum Gasteiger partial charge on any atom is -0.481 e. The smallest absolute Gasteiger partial charge is 0.314 e. The van der Waals surface area contributed by atoms with Crippen LogP contribution >= 0.6 is 0 Å². The first kappa shape index (κ1) is 12.7. The molecule has 1 aromatic rings. The van der Waals surface area contributed by atoms with Crippen molar-refractivity contribution in [2.75, 3.05) is 13.1 Å². The van der Waals surface area contributed by atoms with Crippen LogP contribution in [0.15, 0.2) is 24.3 Å². The van der Waals surface area contributed by atoms with E-state index in [1.54, 1.807) is 0 Å². The SMILES string of the molecule is O=C(O)C1(c2cccc(CN3CCCCC3)c2)CC1. The molecule has 3 rings (SSSR count). The molecule has 0 bridgehead atoms. The number of rotatable bonds is 4. The number of carbonyl (C=O) groups is 1. The van der Waals surface area contributed by atoms with Crippen molar-refractivity contribution in [2.45, 2.75) is 44.1 Å². The third kappa shape index (κ3) is 2.52. The zero-order valence-corrected chi connectivity index (χ0v) is 11.3. The highest BCUT2D eigenvalue weighted by atomic mass is 16.4. The van der Waals surface area contributed by atoms with Crippen molar-refractivity contribution in [3.63, 3.8) is 0 Å². The van der Waals surface area contributed by atoms with Crippen LogP contribution < -0.4 is 0 Å². The van der Waals surface area contributed by atoms with E-state index in [0.29, 0.717) is 0 Å². The molecule has 19 heavy (non-hydrogen) atoms. The van der Waals surface area contributed by atoms with Crippen LogP contribution in [0.4, 0.5) is 0 Å². The highest BCUT2D eigenvalue weighted by Crippen LogP contribution is 2.48. The Labute approximate surface area is 114 Å². The van der Waals surface area contributed by atoms with Gasteiger partial charge in [-0.3, -0.25) is 9.69 Å². The molecular weight excluding hydrogens is 238 g/mol. The van der Waals surface area contributed by atoms with Gasteiger partial charge < -0.3 is 5.11 Å². The standard InChI is InChI=1S/C16H21NO2/c18-15(19)16(7-8-16)14-6-4-5-13(11-14)12-17-9-2-1-3-10-17/h4-6,11H,1-3,7-10,12H2,(H,18,19). The highest BCUT2D eigenvalue weighted by Gasteiger charge is 2.51. The van der Waals surface area contributed by atoms with Gasteiger partial charge in [-0.1, -0.05) is 30.7 Å². The van der Waals surface area contributed by atoms with Gasteiger partial charge >= 0.3 is 5.97 Å². The molecule has 0 radical (unpaired) electrons. The predicted molar refractivity (Wildman–Crippen MR) is 74.1 cm³/mol. The molecule has 1 aliphatic heterocycles. The Morgan fingerprint density at radius 3 is 2.58 bits per heavy atom. The van der Waals surface area contributed by atoms with Gasteiger partial charge in [-0.15, -0.1) is 0 Å². The molecule has 1 aliphatic carbocycles. The monoisotopic (exact) mass is 259 g/mol. The van der Waals surface area contributed by atoms with E-state index in [0.717, 1.165) is 24.9 Å². The largest absolute Gasteiger partial charge is 0.481 e. The first-order chi connectivity index (χ1) is 9.21. The lowest BCUT2D eigenvalue weighted by molar-refractivity contribution is -0.140. The Kier molecular flexibility index (Phi) is 3.31. The van der Waals surface area contributed by atoms with Gasteiger partial charge in [0.15, 0.2) is 0 Å². The number of nitrogens with zero attached hydrogens (tertiary/aromatic N) is 1. The van der Waals surface area contributed by atoms with E-state index < -0.39 is 11.4 Å². The summed E-state index contributed by atoms with van der Waals surface area (Å²) in [5.41, 5.74) is 1.68. The van der Waals surface area contributed by atoms with Crippen molar-refractivity contribution in [3.8, 4) is 0 Å². The number of carboxylic acids is 1. The molecule has 2 fully saturated rings. The Hall–Kier alpha value is -1.35. The summed E-state index contributed by atoms with van der Waals surface area (Å²) in [4.78, 5) is 13.9. The summed E-state index contributed by atoms with van der Waals surface area (Å²) in [5.74, 6) is -0.664. The van der Waals surface area contributed by atoms with E-state index in [-0.39, 0.29) is 0 Å². The molecule has 1 saturated carbocycles. The third-order valence-electron chi connectivity index (χ3n) is 4.49. The van der Waals surface area contributed by atoms with Gasteiger partial charge in [0.25, 0.3) is 0 Å². The van der Waals surface area contributed by atoms with Crippen LogP contribution in [0.5, 0.6) is 0 Å². The summed E-state index contributed by atoms with van der Waals surface area (Å²) >= 11 is 0. The molecule has 0 aromatic heterocycles. The third-order valence-corrected chi connectivity index (χ3v) is 4.49. The minimum absolute atomic E-state index is 0.572. The number of benzene rings is 1. The molecule has 3 nitrogen and oxygen atoms in total. The zero-order chi connectivity index (χ0) is 13.3. The molecule has 1 N–H and O–H groups in total. The van der Waals surface area contributed by atoms with Gasteiger partial charge in [0.05, 0.1) is 5.41 Å². The Morgan fingerprint density at radius 2 is 1.95 bits per heavy atom. The fourth-order valence-electron chi connectivity index (χ4n) is 3.09. The number of piperidine rings is 1. The summed E-state index contributed by atoms with van der Waals surface area (Å²) in [6.45, 7) is 3.31. The lowest BCUT2D eigenvalue weighted by Gasteiger charge is -2.26. The Bertz CT molecular complexity index is 473. The topological polar surface area (TPSA) is 40.5 Å². The van der Waals surface area contributed by atoms with Crippen LogP contribution in [-0.4, -0.2) is 29.1 Å². The van der Waals surface area contributed by atoms with E-state index in [1.165, 1.54) is 37.9 Å². The fraction of sp³-hybridized carbons (Fsp3) is 0.562. The van der Waals surface area contributed by atoms with Crippen molar-refractivity contribution in [2.24, 2.45) is 0 Å². The Balaban J connectivity index is 1.75. The van der Waals surface area contributed by atoms with Gasteiger partial charge in [0.1, 0.15) is 0 Å². The molecule has 102 valence electrons. The van der Waals surface area contributed by atoms with Crippen LogP contribution in [0.25, 0.3) is 0 Å². The molecule has 1 saturated heterocycles. The van der Waals surface area contributed by atoms with Gasteiger partial charge in [0, 0.05) is 6.54 Å². The number of carboxylic acid groups (broad SMARTS) is 1. The summed E-state index contributed by atoms with van der Waals surface area (Å²) in [6, 6.07) is 8.21. The second-order valence-corrected chi connectivity index (χ2v) is 5.92. The van der Waals surface area contributed by atoms with E-state index >= 15 is 0 Å². The van der Waals surface area contributed by atoms with Crippen LogP contribution in [0.3, 0.4) is 0 Å². The maximum atomic E-state index is 11.4. The predicted octanol–water partition coefficient (Wildman–Crippen LogP) is 2.79. The Morgan fingerprint density at radius 1 is 1.21 bits per heavy atom. The molecule has 0 atom stereocenters. The maximum absolute atomic E-state index is 11.4. The number of aliphatic carboxylic acids is 1. The van der Waals surface area contributed by atoms with Crippen LogP contribution in [0.2, 0.25) is 0 Å². The van der Waals surface area contributed by atoms with E-state index in [9.17, 15) is 9.90 Å². The molecule has 0 spiro atoms. The first-order valence-corrected chi connectivity index (χ1v) is 7.26. The summed E-state index contributed by atoms with van der Waals surface area (Å²) in [7, 11) is 0. The van der Waals surface area contributed by atoms with E-state index in [2.05, 4.69) is 17.0 Å². The maximum Gasteiger partial charge on any atom is 0.314 e. The average Bonchev–Trinajstić information content (AvgIpc) is 3.22. The van der Waals surface area contributed by atoms with Gasteiger partial charge in [0.2, 0.25) is 0 Å².